The monoisotopic (exact) mass is 421 g/mol. The fourth-order valence-electron chi connectivity index (χ4n) is 7.74. The number of benzene rings is 1. The van der Waals surface area contributed by atoms with E-state index < -0.39 is 5.97 Å². The van der Waals surface area contributed by atoms with Gasteiger partial charge in [0, 0.05) is 22.9 Å². The van der Waals surface area contributed by atoms with Crippen LogP contribution < -0.4 is 5.32 Å². The number of hydrogen-bond donors (Lipinski definition) is 2. The molecule has 0 aromatic heterocycles. The predicted molar refractivity (Wildman–Crippen MR) is 117 cm³/mol. The molecule has 1 aromatic carbocycles. The summed E-state index contributed by atoms with van der Waals surface area (Å²) >= 11 is 0. The van der Waals surface area contributed by atoms with Gasteiger partial charge >= 0.3 is 5.97 Å². The molecule has 5 rings (SSSR count). The summed E-state index contributed by atoms with van der Waals surface area (Å²) in [6.45, 7) is 4.64. The number of Topliss-reactive ketones (excluding diaryl/α,β-unsaturated/α-hetero) is 1. The molecule has 31 heavy (non-hydrogen) atoms. The normalized spacial score (nSPS) is 41.0. The molecule has 0 radical (unpaired) electrons. The molecule has 0 bridgehead atoms. The summed E-state index contributed by atoms with van der Waals surface area (Å²) in [5.41, 5.74) is 0.847. The lowest BCUT2D eigenvalue weighted by Crippen LogP contribution is -2.59. The predicted octanol–water partition coefficient (Wildman–Crippen LogP) is 4.48. The quantitative estimate of drug-likeness (QED) is 0.705. The van der Waals surface area contributed by atoms with Crippen LogP contribution in [0, 0.1) is 34.5 Å². The number of ketones is 1. The third-order valence-corrected chi connectivity index (χ3v) is 9.42. The van der Waals surface area contributed by atoms with Gasteiger partial charge in [-0.25, -0.2) is 4.79 Å². The van der Waals surface area contributed by atoms with E-state index in [9.17, 15) is 14.4 Å². The van der Waals surface area contributed by atoms with Gasteiger partial charge in [-0.2, -0.15) is 0 Å². The van der Waals surface area contributed by atoms with E-state index in [1.165, 1.54) is 12.1 Å². The van der Waals surface area contributed by atoms with Gasteiger partial charge in [0.05, 0.1) is 5.56 Å². The number of fused-ring (bicyclic) bond motifs is 5. The molecule has 3 saturated carbocycles. The van der Waals surface area contributed by atoms with E-state index in [0.29, 0.717) is 23.3 Å². The highest BCUT2D eigenvalue weighted by Crippen LogP contribution is 2.65. The molecular weight excluding hydrogens is 390 g/mol. The lowest BCUT2D eigenvalue weighted by molar-refractivity contribution is -0.122. The Bertz CT molecular complexity index is 966. The number of nitrogens with one attached hydrogen (secondary N) is 1. The van der Waals surface area contributed by atoms with Crippen molar-refractivity contribution in [2.75, 3.05) is 0 Å². The van der Waals surface area contributed by atoms with E-state index in [-0.39, 0.29) is 40.0 Å². The number of hydrogen-bond acceptors (Lipinski definition) is 3. The van der Waals surface area contributed by atoms with Crippen LogP contribution in [0.25, 0.3) is 0 Å². The van der Waals surface area contributed by atoms with Gasteiger partial charge in [0.15, 0.2) is 5.78 Å². The first-order valence-corrected chi connectivity index (χ1v) is 11.6. The molecule has 3 aliphatic carbocycles. The van der Waals surface area contributed by atoms with Crippen LogP contribution in [0.1, 0.15) is 73.1 Å². The van der Waals surface area contributed by atoms with Gasteiger partial charge in [0.2, 0.25) is 5.91 Å². The first kappa shape index (κ1) is 20.5. The molecule has 1 aromatic rings. The molecule has 7 atom stereocenters. The maximum Gasteiger partial charge on any atom is 0.335 e. The zero-order valence-corrected chi connectivity index (χ0v) is 18.3. The zero-order chi connectivity index (χ0) is 22.0. The van der Waals surface area contributed by atoms with E-state index in [4.69, 9.17) is 5.11 Å². The molecule has 0 spiro atoms. The van der Waals surface area contributed by atoms with Crippen LogP contribution in [0.5, 0.6) is 0 Å². The first-order valence-electron chi connectivity index (χ1n) is 11.6. The molecule has 3 fully saturated rings. The summed E-state index contributed by atoms with van der Waals surface area (Å²) < 4.78 is 0. The Morgan fingerprint density at radius 3 is 2.39 bits per heavy atom. The van der Waals surface area contributed by atoms with Crippen LogP contribution in [-0.2, 0) is 4.79 Å². The van der Waals surface area contributed by atoms with E-state index >= 15 is 0 Å². The van der Waals surface area contributed by atoms with Crippen molar-refractivity contribution >= 4 is 17.7 Å². The Balaban J connectivity index is 1.40. The van der Waals surface area contributed by atoms with Crippen molar-refractivity contribution in [1.29, 1.82) is 0 Å². The van der Waals surface area contributed by atoms with Gasteiger partial charge in [-0.1, -0.05) is 32.1 Å². The lowest BCUT2D eigenvalue weighted by atomic mass is 9.47. The molecular formula is C26H31NO4. The summed E-state index contributed by atoms with van der Waals surface area (Å²) in [5, 5.41) is 12.3. The largest absolute Gasteiger partial charge is 0.478 e. The Labute approximate surface area is 183 Å². The average Bonchev–Trinajstić information content (AvgIpc) is 3.11. The smallest absolute Gasteiger partial charge is 0.335 e. The minimum absolute atomic E-state index is 0.00117. The van der Waals surface area contributed by atoms with Crippen molar-refractivity contribution in [1.82, 2.24) is 5.32 Å². The average molecular weight is 422 g/mol. The fraction of sp³-hybridized carbons (Fsp3) is 0.577. The van der Waals surface area contributed by atoms with Crippen molar-refractivity contribution in [3.63, 3.8) is 0 Å². The Hall–Kier alpha value is -2.43. The van der Waals surface area contributed by atoms with Crippen LogP contribution in [0.4, 0.5) is 0 Å². The standard InChI is InChI=1S/C26H31NO4/c1-25-13-11-19-17(7-10-21-26(19,2)14-12-22(28)27-21)18(25)8-9-20(25)23(29)15-3-5-16(6-4-15)24(30)31/h3-6,12,14,17-21H,7-11,13H2,1-2H3,(H,27,28)(H,30,31)/t17-,18-,19-,20+,21+,25-,26+/m0/s1. The van der Waals surface area contributed by atoms with Crippen molar-refractivity contribution in [3.05, 3.63) is 47.5 Å². The molecule has 0 saturated heterocycles. The van der Waals surface area contributed by atoms with Crippen LogP contribution >= 0.6 is 0 Å². The fourth-order valence-corrected chi connectivity index (χ4v) is 7.74. The Kier molecular flexibility index (Phi) is 4.65. The van der Waals surface area contributed by atoms with Crippen molar-refractivity contribution < 1.29 is 19.5 Å². The highest BCUT2D eigenvalue weighted by atomic mass is 16.4. The molecule has 1 heterocycles. The minimum atomic E-state index is -0.970. The molecule has 5 nitrogen and oxygen atoms in total. The second-order valence-electron chi connectivity index (χ2n) is 10.6. The van der Waals surface area contributed by atoms with E-state index in [1.807, 2.05) is 0 Å². The van der Waals surface area contributed by atoms with Crippen LogP contribution in [0.3, 0.4) is 0 Å². The number of carbonyl (C=O) groups is 3. The van der Waals surface area contributed by atoms with Crippen LogP contribution in [0.15, 0.2) is 36.4 Å². The molecule has 1 amide bonds. The number of carboxylic acids is 1. The SMILES string of the molecule is C[C@]12C=CC(=O)N[C@@H]1CC[C@@H]1[C@@H]2CC[C@]2(C)[C@@H](C(=O)c3ccc(C(=O)O)cc3)CC[C@@H]12. The van der Waals surface area contributed by atoms with E-state index in [2.05, 4.69) is 25.2 Å². The Morgan fingerprint density at radius 2 is 1.68 bits per heavy atom. The molecule has 164 valence electrons. The zero-order valence-electron chi connectivity index (χ0n) is 18.3. The topological polar surface area (TPSA) is 83.5 Å². The van der Waals surface area contributed by atoms with Gasteiger partial charge in [0.1, 0.15) is 0 Å². The highest BCUT2D eigenvalue weighted by molar-refractivity contribution is 5.99. The molecule has 0 unspecified atom stereocenters. The van der Waals surface area contributed by atoms with Crippen LogP contribution in [0.2, 0.25) is 0 Å². The van der Waals surface area contributed by atoms with Crippen molar-refractivity contribution in [2.45, 2.75) is 58.4 Å². The van der Waals surface area contributed by atoms with Crippen molar-refractivity contribution in [2.24, 2.45) is 34.5 Å². The molecule has 5 heteroatoms. The van der Waals surface area contributed by atoms with Gasteiger partial charge in [-0.3, -0.25) is 9.59 Å². The number of amides is 1. The van der Waals surface area contributed by atoms with Gasteiger partial charge in [0.25, 0.3) is 0 Å². The van der Waals surface area contributed by atoms with Gasteiger partial charge in [-0.05, 0) is 79.9 Å². The highest BCUT2D eigenvalue weighted by Gasteiger charge is 2.60. The number of aromatic carboxylic acids is 1. The summed E-state index contributed by atoms with van der Waals surface area (Å²) in [6.07, 6.45) is 10.1. The summed E-state index contributed by atoms with van der Waals surface area (Å²) in [7, 11) is 0. The van der Waals surface area contributed by atoms with Gasteiger partial charge in [-0.15, -0.1) is 0 Å². The summed E-state index contributed by atoms with van der Waals surface area (Å²) in [5.74, 6) is 0.898. The van der Waals surface area contributed by atoms with E-state index in [1.54, 1.807) is 18.2 Å². The van der Waals surface area contributed by atoms with Crippen molar-refractivity contribution in [3.8, 4) is 0 Å². The van der Waals surface area contributed by atoms with Crippen LogP contribution in [-0.4, -0.2) is 28.8 Å². The lowest BCUT2D eigenvalue weighted by Gasteiger charge is -2.58. The molecule has 2 N–H and O–H groups in total. The van der Waals surface area contributed by atoms with E-state index in [0.717, 1.165) is 38.5 Å². The minimum Gasteiger partial charge on any atom is -0.478 e. The maximum absolute atomic E-state index is 13.5. The third kappa shape index (κ3) is 3.00. The third-order valence-electron chi connectivity index (χ3n) is 9.42. The second-order valence-corrected chi connectivity index (χ2v) is 10.6. The first-order chi connectivity index (χ1) is 14.7. The summed E-state index contributed by atoms with van der Waals surface area (Å²) in [6, 6.07) is 6.65. The number of carboxylic acid groups (broad SMARTS) is 1. The second kappa shape index (κ2) is 7.04. The number of rotatable bonds is 3. The maximum atomic E-state index is 13.5. The summed E-state index contributed by atoms with van der Waals surface area (Å²) in [4.78, 5) is 36.5. The number of carbonyl (C=O) groups excluding carboxylic acids is 2. The Morgan fingerprint density at radius 1 is 0.968 bits per heavy atom. The molecule has 1 aliphatic heterocycles. The molecule has 4 aliphatic rings. The van der Waals surface area contributed by atoms with Gasteiger partial charge < -0.3 is 10.4 Å².